The van der Waals surface area contributed by atoms with E-state index >= 15 is 0 Å². The maximum atomic E-state index is 13.9. The molecule has 24 heavy (non-hydrogen) atoms. The number of rotatable bonds is 3. The lowest BCUT2D eigenvalue weighted by atomic mass is 9.98. The zero-order valence-electron chi connectivity index (χ0n) is 13.0. The molecule has 0 radical (unpaired) electrons. The van der Waals surface area contributed by atoms with Crippen molar-refractivity contribution in [3.05, 3.63) is 64.2 Å². The molecule has 1 amide bonds. The average Bonchev–Trinajstić information content (AvgIpc) is 2.57. The van der Waals surface area contributed by atoms with Gasteiger partial charge in [0.15, 0.2) is 0 Å². The number of nitriles is 1. The normalized spacial score (nSPS) is 13.4. The first-order valence-corrected chi connectivity index (χ1v) is 7.39. The highest BCUT2D eigenvalue weighted by molar-refractivity contribution is 5.97. The number of halogens is 2. The van der Waals surface area contributed by atoms with E-state index in [2.05, 4.69) is 0 Å². The first-order valence-electron chi connectivity index (χ1n) is 7.39. The lowest BCUT2D eigenvalue weighted by Crippen LogP contribution is -2.34. The molecule has 0 spiro atoms. The third-order valence-electron chi connectivity index (χ3n) is 4.05. The number of benzene rings is 2. The summed E-state index contributed by atoms with van der Waals surface area (Å²) in [4.78, 5) is 13.8. The van der Waals surface area contributed by atoms with Gasteiger partial charge in [-0.15, -0.1) is 0 Å². The largest absolute Gasteiger partial charge is 0.488 e. The third kappa shape index (κ3) is 2.81. The maximum absolute atomic E-state index is 13.9. The van der Waals surface area contributed by atoms with Crippen LogP contribution in [0, 0.1) is 23.0 Å². The van der Waals surface area contributed by atoms with E-state index in [1.54, 1.807) is 36.2 Å². The van der Waals surface area contributed by atoms with Crippen molar-refractivity contribution in [3.63, 3.8) is 0 Å². The SMILES string of the molecule is CN1CCc2c(OCc3c(F)cc(C#N)cc3F)cccc2C1=O. The molecule has 0 saturated carbocycles. The van der Waals surface area contributed by atoms with E-state index in [4.69, 9.17) is 10.00 Å². The molecule has 0 bridgehead atoms. The molecule has 1 aliphatic heterocycles. The van der Waals surface area contributed by atoms with Gasteiger partial charge < -0.3 is 9.64 Å². The topological polar surface area (TPSA) is 53.3 Å². The summed E-state index contributed by atoms with van der Waals surface area (Å²) in [6.07, 6.45) is 0.617. The minimum atomic E-state index is -0.827. The van der Waals surface area contributed by atoms with Crippen LogP contribution < -0.4 is 4.74 Å². The van der Waals surface area contributed by atoms with Crippen LogP contribution in [-0.4, -0.2) is 24.4 Å². The fourth-order valence-electron chi connectivity index (χ4n) is 2.70. The number of fused-ring (bicyclic) bond motifs is 1. The Morgan fingerprint density at radius 1 is 1.29 bits per heavy atom. The molecule has 6 heteroatoms. The summed E-state index contributed by atoms with van der Waals surface area (Å²) in [5.74, 6) is -1.31. The van der Waals surface area contributed by atoms with Crippen LogP contribution in [0.4, 0.5) is 8.78 Å². The van der Waals surface area contributed by atoms with Gasteiger partial charge in [0.2, 0.25) is 0 Å². The number of hydrogen-bond acceptors (Lipinski definition) is 3. The summed E-state index contributed by atoms with van der Waals surface area (Å²) in [6, 6.07) is 8.71. The molecule has 4 nitrogen and oxygen atoms in total. The summed E-state index contributed by atoms with van der Waals surface area (Å²) in [5.41, 5.74) is 0.961. The van der Waals surface area contributed by atoms with E-state index in [1.165, 1.54) is 0 Å². The van der Waals surface area contributed by atoms with Crippen molar-refractivity contribution < 1.29 is 18.3 Å². The molecule has 0 fully saturated rings. The number of amides is 1. The molecule has 0 saturated heterocycles. The van der Waals surface area contributed by atoms with Gasteiger partial charge in [-0.1, -0.05) is 6.07 Å². The highest BCUT2D eigenvalue weighted by atomic mass is 19.1. The van der Waals surface area contributed by atoms with Gasteiger partial charge in [0.05, 0.1) is 17.2 Å². The van der Waals surface area contributed by atoms with Crippen molar-refractivity contribution >= 4 is 5.91 Å². The van der Waals surface area contributed by atoms with Crippen molar-refractivity contribution in [2.24, 2.45) is 0 Å². The van der Waals surface area contributed by atoms with Crippen LogP contribution in [0.15, 0.2) is 30.3 Å². The Balaban J connectivity index is 1.87. The number of carbonyl (C=O) groups excluding carboxylic acids is 1. The maximum Gasteiger partial charge on any atom is 0.254 e. The fourth-order valence-corrected chi connectivity index (χ4v) is 2.70. The number of nitrogens with zero attached hydrogens (tertiary/aromatic N) is 2. The summed E-state index contributed by atoms with van der Waals surface area (Å²) < 4.78 is 33.4. The van der Waals surface area contributed by atoms with Gasteiger partial charge in [-0.05, 0) is 30.7 Å². The number of carbonyl (C=O) groups is 1. The van der Waals surface area contributed by atoms with E-state index in [-0.39, 0.29) is 23.6 Å². The van der Waals surface area contributed by atoms with Gasteiger partial charge in [-0.25, -0.2) is 8.78 Å². The highest BCUT2D eigenvalue weighted by Gasteiger charge is 2.24. The fraction of sp³-hybridized carbons (Fsp3) is 0.222. The number of ether oxygens (including phenoxy) is 1. The van der Waals surface area contributed by atoms with E-state index in [1.807, 2.05) is 0 Å². The Labute approximate surface area is 137 Å². The molecule has 1 aliphatic rings. The summed E-state index contributed by atoms with van der Waals surface area (Å²) >= 11 is 0. The molecule has 0 unspecified atom stereocenters. The molecule has 3 rings (SSSR count). The van der Waals surface area contributed by atoms with Crippen LogP contribution in [0.2, 0.25) is 0 Å². The van der Waals surface area contributed by atoms with Gasteiger partial charge in [0, 0.05) is 24.7 Å². The lowest BCUT2D eigenvalue weighted by molar-refractivity contribution is 0.0779. The quantitative estimate of drug-likeness (QED) is 0.870. The lowest BCUT2D eigenvalue weighted by Gasteiger charge is -2.26. The molecule has 0 aromatic heterocycles. The van der Waals surface area contributed by atoms with E-state index < -0.39 is 11.6 Å². The van der Waals surface area contributed by atoms with Gasteiger partial charge >= 0.3 is 0 Å². The minimum Gasteiger partial charge on any atom is -0.488 e. The Morgan fingerprint density at radius 3 is 2.67 bits per heavy atom. The average molecular weight is 328 g/mol. The second-order valence-electron chi connectivity index (χ2n) is 5.58. The Bertz CT molecular complexity index is 836. The van der Waals surface area contributed by atoms with Gasteiger partial charge in [-0.3, -0.25) is 4.79 Å². The van der Waals surface area contributed by atoms with Crippen LogP contribution in [0.25, 0.3) is 0 Å². The van der Waals surface area contributed by atoms with E-state index in [0.29, 0.717) is 24.3 Å². The van der Waals surface area contributed by atoms with E-state index in [9.17, 15) is 13.6 Å². The monoisotopic (exact) mass is 328 g/mol. The molecule has 122 valence electrons. The predicted molar refractivity (Wildman–Crippen MR) is 82.5 cm³/mol. The second kappa shape index (κ2) is 6.28. The zero-order valence-corrected chi connectivity index (χ0v) is 13.0. The third-order valence-corrected chi connectivity index (χ3v) is 4.05. The van der Waals surface area contributed by atoms with Crippen molar-refractivity contribution in [2.75, 3.05) is 13.6 Å². The molecule has 0 N–H and O–H groups in total. The molecule has 1 heterocycles. The van der Waals surface area contributed by atoms with Crippen LogP contribution in [0.3, 0.4) is 0 Å². The van der Waals surface area contributed by atoms with Gasteiger partial charge in [-0.2, -0.15) is 5.26 Å². The Kier molecular flexibility index (Phi) is 4.17. The molecular formula is C18H14F2N2O2. The van der Waals surface area contributed by atoms with Crippen LogP contribution in [0.1, 0.15) is 27.0 Å². The van der Waals surface area contributed by atoms with E-state index in [0.717, 1.165) is 17.7 Å². The van der Waals surface area contributed by atoms with Crippen LogP contribution in [-0.2, 0) is 13.0 Å². The number of hydrogen-bond donors (Lipinski definition) is 0. The Hall–Kier alpha value is -2.94. The summed E-state index contributed by atoms with van der Waals surface area (Å²) in [6.45, 7) is 0.246. The Morgan fingerprint density at radius 2 is 2.00 bits per heavy atom. The van der Waals surface area contributed by atoms with Crippen molar-refractivity contribution in [1.82, 2.24) is 4.90 Å². The van der Waals surface area contributed by atoms with Gasteiger partial charge in [0.1, 0.15) is 24.0 Å². The smallest absolute Gasteiger partial charge is 0.254 e. The standard InChI is InChI=1S/C18H14F2N2O2/c1-22-6-5-12-13(18(22)23)3-2-4-17(12)24-10-14-15(19)7-11(9-21)8-16(14)20/h2-4,7-8H,5-6,10H2,1H3. The van der Waals surface area contributed by atoms with Crippen LogP contribution in [0.5, 0.6) is 5.75 Å². The molecular weight excluding hydrogens is 314 g/mol. The molecule has 2 aromatic carbocycles. The predicted octanol–water partition coefficient (Wildman–Crippen LogP) is 3.04. The first-order chi connectivity index (χ1) is 11.5. The minimum absolute atomic E-state index is 0.0838. The van der Waals surface area contributed by atoms with Crippen molar-refractivity contribution in [2.45, 2.75) is 13.0 Å². The molecule has 2 aromatic rings. The summed E-state index contributed by atoms with van der Waals surface area (Å²) in [7, 11) is 1.72. The van der Waals surface area contributed by atoms with Crippen LogP contribution >= 0.6 is 0 Å². The van der Waals surface area contributed by atoms with Crippen molar-refractivity contribution in [1.29, 1.82) is 5.26 Å². The number of likely N-dealkylation sites (N-methyl/N-ethyl adjacent to an activating group) is 1. The summed E-state index contributed by atoms with van der Waals surface area (Å²) in [5, 5.41) is 8.71. The van der Waals surface area contributed by atoms with Crippen molar-refractivity contribution in [3.8, 4) is 11.8 Å². The second-order valence-corrected chi connectivity index (χ2v) is 5.58. The zero-order chi connectivity index (χ0) is 17.3. The first kappa shape index (κ1) is 15.9. The van der Waals surface area contributed by atoms with Gasteiger partial charge in [0.25, 0.3) is 5.91 Å². The highest BCUT2D eigenvalue weighted by Crippen LogP contribution is 2.28. The molecule has 0 atom stereocenters. The molecule has 0 aliphatic carbocycles.